The highest BCUT2D eigenvalue weighted by Crippen LogP contribution is 2.20. The molecule has 1 aromatic heterocycles. The molecule has 114 valence electrons. The van der Waals surface area contributed by atoms with Gasteiger partial charge in [-0.3, -0.25) is 4.90 Å². The van der Waals surface area contributed by atoms with Gasteiger partial charge in [-0.2, -0.15) is 0 Å². The molecule has 1 aliphatic heterocycles. The molecular formula is C16H28N2O2. The average molecular weight is 280 g/mol. The summed E-state index contributed by atoms with van der Waals surface area (Å²) in [6.07, 6.45) is 3.25. The maximum atomic E-state index is 5.76. The van der Waals surface area contributed by atoms with E-state index in [-0.39, 0.29) is 0 Å². The molecule has 1 aromatic rings. The van der Waals surface area contributed by atoms with Crippen LogP contribution in [0.2, 0.25) is 0 Å². The quantitative estimate of drug-likeness (QED) is 0.869. The van der Waals surface area contributed by atoms with E-state index in [1.807, 2.05) is 0 Å². The molecule has 0 bridgehead atoms. The first kappa shape index (κ1) is 15.5. The Morgan fingerprint density at radius 3 is 2.95 bits per heavy atom. The lowest BCUT2D eigenvalue weighted by molar-refractivity contribution is -0.0593. The fourth-order valence-electron chi connectivity index (χ4n) is 2.66. The molecule has 0 radical (unpaired) electrons. The summed E-state index contributed by atoms with van der Waals surface area (Å²) in [5.41, 5.74) is 1.30. The lowest BCUT2D eigenvalue weighted by atomic mass is 10.1. The summed E-state index contributed by atoms with van der Waals surface area (Å²) in [4.78, 5) is 2.53. The van der Waals surface area contributed by atoms with Gasteiger partial charge >= 0.3 is 0 Å². The third kappa shape index (κ3) is 4.08. The van der Waals surface area contributed by atoms with Crippen molar-refractivity contribution in [2.24, 2.45) is 0 Å². The van der Waals surface area contributed by atoms with E-state index in [0.29, 0.717) is 18.2 Å². The van der Waals surface area contributed by atoms with Crippen LogP contribution in [0, 0.1) is 0 Å². The van der Waals surface area contributed by atoms with E-state index in [2.05, 4.69) is 44.0 Å². The number of ether oxygens (including phenoxy) is 1. The van der Waals surface area contributed by atoms with Gasteiger partial charge in [0, 0.05) is 30.7 Å². The third-order valence-electron chi connectivity index (χ3n) is 3.93. The van der Waals surface area contributed by atoms with Crippen LogP contribution in [0.5, 0.6) is 0 Å². The SMILES string of the molecule is CCC1COC(C)CN1Cc1ccoc1CNC(C)C. The molecule has 2 unspecified atom stereocenters. The second-order valence-electron chi connectivity index (χ2n) is 6.04. The van der Waals surface area contributed by atoms with Crippen molar-refractivity contribution in [3.63, 3.8) is 0 Å². The molecule has 0 spiro atoms. The zero-order valence-corrected chi connectivity index (χ0v) is 13.2. The molecule has 1 fully saturated rings. The summed E-state index contributed by atoms with van der Waals surface area (Å²) in [5.74, 6) is 1.06. The fraction of sp³-hybridized carbons (Fsp3) is 0.750. The Kier molecular flexibility index (Phi) is 5.64. The first-order valence-corrected chi connectivity index (χ1v) is 7.74. The van der Waals surface area contributed by atoms with Gasteiger partial charge in [0.15, 0.2) is 0 Å². The van der Waals surface area contributed by atoms with E-state index < -0.39 is 0 Å². The van der Waals surface area contributed by atoms with Crippen LogP contribution in [-0.2, 0) is 17.8 Å². The first-order chi connectivity index (χ1) is 9.60. The molecule has 4 nitrogen and oxygen atoms in total. The minimum Gasteiger partial charge on any atom is -0.468 e. The van der Waals surface area contributed by atoms with Gasteiger partial charge in [-0.15, -0.1) is 0 Å². The van der Waals surface area contributed by atoms with E-state index in [1.165, 1.54) is 5.56 Å². The second kappa shape index (κ2) is 7.25. The highest BCUT2D eigenvalue weighted by atomic mass is 16.5. The van der Waals surface area contributed by atoms with Crippen molar-refractivity contribution in [2.75, 3.05) is 13.2 Å². The normalized spacial score (nSPS) is 24.4. The molecule has 1 aliphatic rings. The number of hydrogen-bond acceptors (Lipinski definition) is 4. The van der Waals surface area contributed by atoms with E-state index in [0.717, 1.165) is 38.4 Å². The lowest BCUT2D eigenvalue weighted by Crippen LogP contribution is -2.47. The highest BCUT2D eigenvalue weighted by Gasteiger charge is 2.26. The van der Waals surface area contributed by atoms with Gasteiger partial charge in [0.25, 0.3) is 0 Å². The Bertz CT molecular complexity index is 403. The number of nitrogens with one attached hydrogen (secondary N) is 1. The van der Waals surface area contributed by atoms with Crippen LogP contribution in [0.15, 0.2) is 16.7 Å². The van der Waals surface area contributed by atoms with Gasteiger partial charge in [-0.25, -0.2) is 0 Å². The Morgan fingerprint density at radius 1 is 1.45 bits per heavy atom. The van der Waals surface area contributed by atoms with Crippen LogP contribution in [0.3, 0.4) is 0 Å². The smallest absolute Gasteiger partial charge is 0.122 e. The maximum Gasteiger partial charge on any atom is 0.122 e. The zero-order valence-electron chi connectivity index (χ0n) is 13.2. The summed E-state index contributed by atoms with van der Waals surface area (Å²) < 4.78 is 11.4. The molecule has 2 heterocycles. The van der Waals surface area contributed by atoms with Crippen LogP contribution in [0.25, 0.3) is 0 Å². The van der Waals surface area contributed by atoms with Crippen molar-refractivity contribution in [1.82, 2.24) is 10.2 Å². The van der Waals surface area contributed by atoms with Crippen molar-refractivity contribution in [2.45, 2.75) is 65.4 Å². The van der Waals surface area contributed by atoms with E-state index in [9.17, 15) is 0 Å². The standard InChI is InChI=1S/C16H28N2O2/c1-5-15-11-20-13(4)9-18(15)10-14-6-7-19-16(14)8-17-12(2)3/h6-7,12-13,15,17H,5,8-11H2,1-4H3. The van der Waals surface area contributed by atoms with Crippen LogP contribution >= 0.6 is 0 Å². The van der Waals surface area contributed by atoms with Crippen molar-refractivity contribution in [3.8, 4) is 0 Å². The van der Waals surface area contributed by atoms with E-state index in [1.54, 1.807) is 6.26 Å². The lowest BCUT2D eigenvalue weighted by Gasteiger charge is -2.38. The van der Waals surface area contributed by atoms with Crippen molar-refractivity contribution in [3.05, 3.63) is 23.7 Å². The Morgan fingerprint density at radius 2 is 2.25 bits per heavy atom. The van der Waals surface area contributed by atoms with Crippen LogP contribution < -0.4 is 5.32 Å². The molecule has 2 rings (SSSR count). The van der Waals surface area contributed by atoms with Gasteiger partial charge in [-0.05, 0) is 19.4 Å². The molecule has 2 atom stereocenters. The van der Waals surface area contributed by atoms with Gasteiger partial charge in [0.05, 0.1) is 25.5 Å². The second-order valence-corrected chi connectivity index (χ2v) is 6.04. The summed E-state index contributed by atoms with van der Waals surface area (Å²) in [7, 11) is 0. The molecule has 0 aromatic carbocycles. The van der Waals surface area contributed by atoms with E-state index in [4.69, 9.17) is 9.15 Å². The van der Waals surface area contributed by atoms with Crippen molar-refractivity contribution < 1.29 is 9.15 Å². The highest BCUT2D eigenvalue weighted by molar-refractivity contribution is 5.17. The topological polar surface area (TPSA) is 37.6 Å². The average Bonchev–Trinajstić information content (AvgIpc) is 2.84. The van der Waals surface area contributed by atoms with Crippen LogP contribution in [0.4, 0.5) is 0 Å². The molecule has 20 heavy (non-hydrogen) atoms. The fourth-order valence-corrected chi connectivity index (χ4v) is 2.66. The Labute approximate surface area is 122 Å². The van der Waals surface area contributed by atoms with E-state index >= 15 is 0 Å². The number of furan rings is 1. The van der Waals surface area contributed by atoms with Crippen molar-refractivity contribution in [1.29, 1.82) is 0 Å². The first-order valence-electron chi connectivity index (χ1n) is 7.74. The summed E-state index contributed by atoms with van der Waals surface area (Å²) in [5, 5.41) is 3.42. The zero-order chi connectivity index (χ0) is 14.5. The monoisotopic (exact) mass is 280 g/mol. The Hall–Kier alpha value is -0.840. The maximum absolute atomic E-state index is 5.76. The van der Waals surface area contributed by atoms with Gasteiger partial charge < -0.3 is 14.5 Å². The van der Waals surface area contributed by atoms with Gasteiger partial charge in [0.1, 0.15) is 5.76 Å². The largest absolute Gasteiger partial charge is 0.468 e. The molecule has 1 saturated heterocycles. The number of rotatable bonds is 6. The Balaban J connectivity index is 1.99. The number of hydrogen-bond donors (Lipinski definition) is 1. The molecular weight excluding hydrogens is 252 g/mol. The summed E-state index contributed by atoms with van der Waals surface area (Å²) in [6, 6.07) is 3.09. The van der Waals surface area contributed by atoms with Crippen molar-refractivity contribution >= 4 is 0 Å². The summed E-state index contributed by atoms with van der Waals surface area (Å²) >= 11 is 0. The van der Waals surface area contributed by atoms with Gasteiger partial charge in [0.2, 0.25) is 0 Å². The minimum atomic E-state index is 0.321. The van der Waals surface area contributed by atoms with Crippen LogP contribution in [-0.4, -0.2) is 36.2 Å². The van der Waals surface area contributed by atoms with Gasteiger partial charge in [-0.1, -0.05) is 20.8 Å². The molecule has 4 heteroatoms. The minimum absolute atomic E-state index is 0.321. The third-order valence-corrected chi connectivity index (χ3v) is 3.93. The predicted octanol–water partition coefficient (Wildman–Crippen LogP) is 2.78. The molecule has 0 aliphatic carbocycles. The number of morpholine rings is 1. The summed E-state index contributed by atoms with van der Waals surface area (Å²) in [6.45, 7) is 12.3. The van der Waals surface area contributed by atoms with Crippen LogP contribution in [0.1, 0.15) is 45.4 Å². The number of nitrogens with zero attached hydrogens (tertiary/aromatic N) is 1. The molecule has 0 saturated carbocycles. The molecule has 0 amide bonds. The molecule has 1 N–H and O–H groups in total. The predicted molar refractivity (Wildman–Crippen MR) is 80.6 cm³/mol.